The van der Waals surface area contributed by atoms with Crippen molar-refractivity contribution in [3.05, 3.63) is 108 Å². The molecule has 3 aromatic carbocycles. The van der Waals surface area contributed by atoms with E-state index < -0.39 is 11.7 Å². The molecule has 0 bridgehead atoms. The van der Waals surface area contributed by atoms with Crippen molar-refractivity contribution < 1.29 is 19.0 Å². The third-order valence-corrected chi connectivity index (χ3v) is 8.31. The Labute approximate surface area is 267 Å². The quantitative estimate of drug-likeness (QED) is 0.0583. The van der Waals surface area contributed by atoms with Gasteiger partial charge in [0.05, 0.1) is 13.2 Å². The summed E-state index contributed by atoms with van der Waals surface area (Å²) >= 11 is 0. The van der Waals surface area contributed by atoms with Crippen LogP contribution in [0.15, 0.2) is 91.0 Å². The second kappa shape index (κ2) is 21.7. The molecule has 4 heteroatoms. The molecule has 0 N–H and O–H groups in total. The molecule has 1 atom stereocenters. The van der Waals surface area contributed by atoms with Crippen molar-refractivity contribution in [1.29, 1.82) is 0 Å². The van der Waals surface area contributed by atoms with Gasteiger partial charge in [0.25, 0.3) is 0 Å². The third-order valence-electron chi connectivity index (χ3n) is 8.31. The molecule has 0 radical (unpaired) electrons. The summed E-state index contributed by atoms with van der Waals surface area (Å²) in [5.41, 5.74) is 2.18. The summed E-state index contributed by atoms with van der Waals surface area (Å²) in [5.74, 6) is -0.330. The van der Waals surface area contributed by atoms with Crippen LogP contribution in [-0.2, 0) is 24.6 Å². The van der Waals surface area contributed by atoms with E-state index in [1.54, 1.807) is 0 Å². The third kappa shape index (κ3) is 12.6. The molecule has 3 aromatic rings. The summed E-state index contributed by atoms with van der Waals surface area (Å²) in [6, 6.07) is 30.8. The highest BCUT2D eigenvalue weighted by Gasteiger charge is 2.38. The topological polar surface area (TPSA) is 44.8 Å². The highest BCUT2D eigenvalue weighted by Crippen LogP contribution is 2.40. The highest BCUT2D eigenvalue weighted by molar-refractivity contribution is 5.66. The summed E-state index contributed by atoms with van der Waals surface area (Å²) in [6.07, 6.45) is 18.1. The molecule has 4 nitrogen and oxygen atoms in total. The van der Waals surface area contributed by atoms with E-state index in [-0.39, 0.29) is 12.6 Å². The number of carbonyl (C=O) groups excluding carboxylic acids is 1. The first-order chi connectivity index (χ1) is 21.7. The van der Waals surface area contributed by atoms with Gasteiger partial charge in [-0.1, -0.05) is 181 Å². The van der Waals surface area contributed by atoms with Gasteiger partial charge in [0.15, 0.2) is 0 Å². The predicted octanol–water partition coefficient (Wildman–Crippen LogP) is 10.4. The maximum absolute atomic E-state index is 12.0. The van der Waals surface area contributed by atoms with E-state index >= 15 is 0 Å². The van der Waals surface area contributed by atoms with Crippen LogP contribution in [0, 0.1) is 0 Å². The van der Waals surface area contributed by atoms with Crippen molar-refractivity contribution >= 4 is 5.97 Å². The van der Waals surface area contributed by atoms with Crippen LogP contribution in [-0.4, -0.2) is 31.9 Å². The minimum atomic E-state index is -0.864. The van der Waals surface area contributed by atoms with Gasteiger partial charge in [-0.15, -0.1) is 0 Å². The zero-order valence-electron chi connectivity index (χ0n) is 27.4. The SMILES string of the molecule is CCCCCCCCCCCCCCCCOC[C@H](COC(c1ccccc1)(c1ccccc1)c1ccccc1)OC(C)=O. The number of hydrogen-bond donors (Lipinski definition) is 0. The molecular weight excluding hydrogens is 544 g/mol. The van der Waals surface area contributed by atoms with Crippen molar-refractivity contribution in [2.24, 2.45) is 0 Å². The Balaban J connectivity index is 1.46. The van der Waals surface area contributed by atoms with E-state index in [0.717, 1.165) is 23.1 Å². The van der Waals surface area contributed by atoms with Crippen LogP contribution in [0.4, 0.5) is 0 Å². The van der Waals surface area contributed by atoms with Gasteiger partial charge in [0.1, 0.15) is 11.7 Å². The number of hydrogen-bond acceptors (Lipinski definition) is 4. The summed E-state index contributed by atoms with van der Waals surface area (Å²) < 4.78 is 18.6. The molecule has 0 amide bonds. The van der Waals surface area contributed by atoms with Crippen molar-refractivity contribution in [2.45, 2.75) is 115 Å². The largest absolute Gasteiger partial charge is 0.458 e. The first-order valence-corrected chi connectivity index (χ1v) is 17.2. The van der Waals surface area contributed by atoms with Gasteiger partial charge in [-0.25, -0.2) is 0 Å². The van der Waals surface area contributed by atoms with E-state index in [4.69, 9.17) is 14.2 Å². The average Bonchev–Trinajstić information content (AvgIpc) is 3.06. The second-order valence-electron chi connectivity index (χ2n) is 12.0. The van der Waals surface area contributed by atoms with Crippen LogP contribution in [0.5, 0.6) is 0 Å². The van der Waals surface area contributed by atoms with Crippen LogP contribution in [0.25, 0.3) is 0 Å². The zero-order valence-corrected chi connectivity index (χ0v) is 27.4. The Hall–Kier alpha value is -2.95. The Morgan fingerprint density at radius 2 is 0.955 bits per heavy atom. The normalized spacial score (nSPS) is 12.2. The first-order valence-electron chi connectivity index (χ1n) is 17.2. The van der Waals surface area contributed by atoms with Gasteiger partial charge in [-0.2, -0.15) is 0 Å². The fraction of sp³-hybridized carbons (Fsp3) is 0.525. The Morgan fingerprint density at radius 3 is 1.34 bits per heavy atom. The van der Waals surface area contributed by atoms with Crippen LogP contribution in [0.2, 0.25) is 0 Å². The van der Waals surface area contributed by atoms with Crippen molar-refractivity contribution in [1.82, 2.24) is 0 Å². The fourth-order valence-electron chi connectivity index (χ4n) is 5.95. The number of esters is 1. The lowest BCUT2D eigenvalue weighted by Gasteiger charge is -2.37. The van der Waals surface area contributed by atoms with Gasteiger partial charge in [-0.05, 0) is 23.1 Å². The molecule has 0 saturated carbocycles. The first kappa shape index (κ1) is 35.5. The maximum Gasteiger partial charge on any atom is 0.303 e. The Kier molecular flexibility index (Phi) is 17.5. The van der Waals surface area contributed by atoms with Gasteiger partial charge in [0, 0.05) is 13.5 Å². The number of ether oxygens (including phenoxy) is 3. The maximum atomic E-state index is 12.0. The van der Waals surface area contributed by atoms with Crippen molar-refractivity contribution in [3.8, 4) is 0 Å². The summed E-state index contributed by atoms with van der Waals surface area (Å²) in [4.78, 5) is 12.0. The second-order valence-corrected chi connectivity index (χ2v) is 12.0. The molecular formula is C40H56O4. The predicted molar refractivity (Wildman–Crippen MR) is 182 cm³/mol. The van der Waals surface area contributed by atoms with Crippen molar-refractivity contribution in [2.75, 3.05) is 19.8 Å². The minimum absolute atomic E-state index is 0.205. The molecule has 0 fully saturated rings. The van der Waals surface area contributed by atoms with E-state index in [2.05, 4.69) is 43.3 Å². The molecule has 240 valence electrons. The molecule has 44 heavy (non-hydrogen) atoms. The molecule has 0 heterocycles. The molecule has 0 aliphatic heterocycles. The Bertz CT molecular complexity index is 1020. The molecule has 0 aliphatic carbocycles. The lowest BCUT2D eigenvalue weighted by Crippen LogP contribution is -2.38. The molecule has 0 spiro atoms. The van der Waals surface area contributed by atoms with E-state index in [9.17, 15) is 4.79 Å². The van der Waals surface area contributed by atoms with Gasteiger partial charge in [-0.3, -0.25) is 4.79 Å². The summed E-state index contributed by atoms with van der Waals surface area (Å²) in [6.45, 7) is 4.90. The number of unbranched alkanes of at least 4 members (excludes halogenated alkanes) is 13. The van der Waals surface area contributed by atoms with Crippen LogP contribution >= 0.6 is 0 Å². The van der Waals surface area contributed by atoms with Crippen LogP contribution in [0.1, 0.15) is 120 Å². The Morgan fingerprint density at radius 1 is 0.568 bits per heavy atom. The van der Waals surface area contributed by atoms with Gasteiger partial charge in [0.2, 0.25) is 0 Å². The lowest BCUT2D eigenvalue weighted by molar-refractivity contribution is -0.156. The van der Waals surface area contributed by atoms with Crippen LogP contribution in [0.3, 0.4) is 0 Å². The minimum Gasteiger partial charge on any atom is -0.458 e. The smallest absolute Gasteiger partial charge is 0.303 e. The van der Waals surface area contributed by atoms with Gasteiger partial charge >= 0.3 is 5.97 Å². The number of carbonyl (C=O) groups is 1. The van der Waals surface area contributed by atoms with E-state index in [1.165, 1.54) is 90.4 Å². The van der Waals surface area contributed by atoms with E-state index in [1.807, 2.05) is 54.6 Å². The summed E-state index contributed by atoms with van der Waals surface area (Å²) in [5, 5.41) is 0. The standard InChI is InChI=1S/C40H56O4/c1-3-4-5-6-7-8-9-10-11-12-13-14-15-25-32-42-33-39(44-35(2)41)34-43-40(36-26-19-16-20-27-36,37-28-21-17-22-29-37)38-30-23-18-24-31-38/h16-24,26-31,39H,3-15,25,32-34H2,1-2H3/t39-/m1/s1. The molecule has 0 saturated heterocycles. The molecule has 0 unspecified atom stereocenters. The molecule has 3 rings (SSSR count). The highest BCUT2D eigenvalue weighted by atomic mass is 16.6. The average molecular weight is 601 g/mol. The monoisotopic (exact) mass is 600 g/mol. The molecule has 0 aliphatic rings. The number of benzene rings is 3. The lowest BCUT2D eigenvalue weighted by atomic mass is 9.80. The van der Waals surface area contributed by atoms with Gasteiger partial charge < -0.3 is 14.2 Å². The zero-order chi connectivity index (χ0) is 31.1. The fourth-order valence-corrected chi connectivity index (χ4v) is 5.95. The molecule has 0 aromatic heterocycles. The van der Waals surface area contributed by atoms with E-state index in [0.29, 0.717) is 13.2 Å². The summed E-state index contributed by atoms with van der Waals surface area (Å²) in [7, 11) is 0. The van der Waals surface area contributed by atoms with Crippen LogP contribution < -0.4 is 0 Å². The number of rotatable bonds is 24. The van der Waals surface area contributed by atoms with Crippen molar-refractivity contribution in [3.63, 3.8) is 0 Å².